The number of carbonyl (C=O) groups excluding carboxylic acids is 1. The van der Waals surface area contributed by atoms with E-state index in [4.69, 9.17) is 0 Å². The highest BCUT2D eigenvalue weighted by molar-refractivity contribution is 5.86. The van der Waals surface area contributed by atoms with Crippen LogP contribution >= 0.6 is 0 Å². The summed E-state index contributed by atoms with van der Waals surface area (Å²) in [6.07, 6.45) is 9.12. The van der Waals surface area contributed by atoms with Gasteiger partial charge >= 0.3 is 5.97 Å². The van der Waals surface area contributed by atoms with Crippen LogP contribution < -0.4 is 4.57 Å². The quantitative estimate of drug-likeness (QED) is 0.618. The van der Waals surface area contributed by atoms with Gasteiger partial charge in [-0.2, -0.15) is 4.57 Å². The molecule has 0 amide bonds. The molecule has 0 saturated carbocycles. The third-order valence-electron chi connectivity index (χ3n) is 2.58. The Hall–Kier alpha value is -2.49. The molecule has 0 radical (unpaired) electrons. The van der Waals surface area contributed by atoms with Gasteiger partial charge in [-0.05, 0) is 11.6 Å². The van der Waals surface area contributed by atoms with E-state index in [1.807, 2.05) is 53.2 Å². The lowest BCUT2D eigenvalue weighted by Gasteiger charge is -1.96. The average Bonchev–Trinajstić information content (AvgIpc) is 2.48. The minimum Gasteiger partial charge on any atom is -0.464 e. The maximum absolute atomic E-state index is 11.3. The third kappa shape index (κ3) is 3.74. The Labute approximate surface area is 112 Å². The summed E-state index contributed by atoms with van der Waals surface area (Å²) in [5.41, 5.74) is 1.45. The van der Waals surface area contributed by atoms with Crippen LogP contribution in [-0.4, -0.2) is 18.1 Å². The second-order valence-electron chi connectivity index (χ2n) is 3.94. The first kappa shape index (κ1) is 13.0. The lowest BCUT2D eigenvalue weighted by atomic mass is 10.2. The Balaban J connectivity index is 2.04. The minimum absolute atomic E-state index is 0.304. The lowest BCUT2D eigenvalue weighted by molar-refractivity contribution is -0.687. The summed E-state index contributed by atoms with van der Waals surface area (Å²) in [7, 11) is 1.34. The van der Waals surface area contributed by atoms with Gasteiger partial charge in [0.15, 0.2) is 12.7 Å². The lowest BCUT2D eigenvalue weighted by Crippen LogP contribution is -2.33. The standard InChI is InChI=1S/C15H15N2O2/c1-19-15(18)14-12-17(11-9-16-14)10-5-8-13-6-3-2-4-7-13/h2-9,11-12H,10H2,1H3/q+1. The van der Waals surface area contributed by atoms with Crippen molar-refractivity contribution >= 4 is 12.0 Å². The number of hydrogen-bond donors (Lipinski definition) is 0. The van der Waals surface area contributed by atoms with Crippen molar-refractivity contribution in [3.05, 3.63) is 66.3 Å². The number of aromatic nitrogens is 2. The molecule has 0 aliphatic rings. The third-order valence-corrected chi connectivity index (χ3v) is 2.58. The molecule has 0 aliphatic carbocycles. The highest BCUT2D eigenvalue weighted by atomic mass is 16.5. The molecule has 0 saturated heterocycles. The first-order valence-corrected chi connectivity index (χ1v) is 5.94. The predicted octanol–water partition coefficient (Wildman–Crippen LogP) is 1.87. The van der Waals surface area contributed by atoms with E-state index in [0.717, 1.165) is 5.56 Å². The fraction of sp³-hybridized carbons (Fsp3) is 0.133. The van der Waals surface area contributed by atoms with Crippen LogP contribution in [0.2, 0.25) is 0 Å². The SMILES string of the molecule is COC(=O)c1c[n+](CC=Cc2ccccc2)ccn1. The zero-order valence-electron chi connectivity index (χ0n) is 10.7. The monoisotopic (exact) mass is 255 g/mol. The fourth-order valence-electron chi connectivity index (χ4n) is 1.63. The molecule has 96 valence electrons. The van der Waals surface area contributed by atoms with Crippen LogP contribution in [0.5, 0.6) is 0 Å². The Morgan fingerprint density at radius 3 is 2.89 bits per heavy atom. The van der Waals surface area contributed by atoms with Crippen molar-refractivity contribution in [1.29, 1.82) is 0 Å². The van der Waals surface area contributed by atoms with Gasteiger partial charge in [-0.3, -0.25) is 0 Å². The molecule has 0 atom stereocenters. The number of rotatable bonds is 4. The van der Waals surface area contributed by atoms with Gasteiger partial charge in [0.25, 0.3) is 0 Å². The molecule has 0 fully saturated rings. The molecule has 0 aliphatic heterocycles. The molecular formula is C15H15N2O2+. The van der Waals surface area contributed by atoms with E-state index in [-0.39, 0.29) is 0 Å². The molecule has 4 nitrogen and oxygen atoms in total. The second kappa shape index (κ2) is 6.44. The van der Waals surface area contributed by atoms with E-state index in [9.17, 15) is 4.79 Å². The van der Waals surface area contributed by atoms with Gasteiger partial charge in [-0.25, -0.2) is 9.78 Å². The van der Waals surface area contributed by atoms with E-state index >= 15 is 0 Å². The summed E-state index contributed by atoms with van der Waals surface area (Å²) in [6.45, 7) is 0.668. The van der Waals surface area contributed by atoms with E-state index < -0.39 is 5.97 Å². The molecule has 2 aromatic rings. The van der Waals surface area contributed by atoms with Gasteiger partial charge in [0, 0.05) is 0 Å². The summed E-state index contributed by atoms with van der Waals surface area (Å²) in [6, 6.07) is 10.0. The van der Waals surface area contributed by atoms with Crippen LogP contribution in [0.4, 0.5) is 0 Å². The summed E-state index contributed by atoms with van der Waals surface area (Å²) in [5, 5.41) is 0. The van der Waals surface area contributed by atoms with Gasteiger partial charge < -0.3 is 4.74 Å². The summed E-state index contributed by atoms with van der Waals surface area (Å²) in [5.74, 6) is -0.429. The smallest absolute Gasteiger partial charge is 0.362 e. The minimum atomic E-state index is -0.429. The highest BCUT2D eigenvalue weighted by Gasteiger charge is 2.11. The van der Waals surface area contributed by atoms with Gasteiger partial charge in [-0.15, -0.1) is 0 Å². The molecule has 1 heterocycles. The Morgan fingerprint density at radius 2 is 2.16 bits per heavy atom. The van der Waals surface area contributed by atoms with Crippen molar-refractivity contribution in [3.63, 3.8) is 0 Å². The topological polar surface area (TPSA) is 43.1 Å². The first-order valence-electron chi connectivity index (χ1n) is 5.94. The molecule has 1 aromatic carbocycles. The van der Waals surface area contributed by atoms with Gasteiger partial charge in [-0.1, -0.05) is 36.4 Å². The van der Waals surface area contributed by atoms with Crippen LogP contribution in [-0.2, 0) is 11.3 Å². The van der Waals surface area contributed by atoms with Crippen LogP contribution in [0.3, 0.4) is 0 Å². The summed E-state index contributed by atoms with van der Waals surface area (Å²) >= 11 is 0. The van der Waals surface area contributed by atoms with Crippen LogP contribution in [0.1, 0.15) is 16.1 Å². The van der Waals surface area contributed by atoms with E-state index in [1.54, 1.807) is 12.4 Å². The van der Waals surface area contributed by atoms with Gasteiger partial charge in [0.2, 0.25) is 11.9 Å². The van der Waals surface area contributed by atoms with Crippen LogP contribution in [0, 0.1) is 0 Å². The number of hydrogen-bond acceptors (Lipinski definition) is 3. The van der Waals surface area contributed by atoms with Crippen LogP contribution in [0.25, 0.3) is 6.08 Å². The number of esters is 1. The molecule has 2 rings (SSSR count). The maximum atomic E-state index is 11.3. The molecule has 0 unspecified atom stereocenters. The first-order chi connectivity index (χ1) is 9.29. The molecule has 0 bridgehead atoms. The normalized spacial score (nSPS) is 10.6. The molecule has 4 heteroatoms. The maximum Gasteiger partial charge on any atom is 0.362 e. The van der Waals surface area contributed by atoms with Crippen molar-refractivity contribution in [2.75, 3.05) is 7.11 Å². The summed E-state index contributed by atoms with van der Waals surface area (Å²) < 4.78 is 6.51. The second-order valence-corrected chi connectivity index (χ2v) is 3.94. The molecule has 1 aromatic heterocycles. The Kier molecular flexibility index (Phi) is 4.39. The average molecular weight is 255 g/mol. The Morgan fingerprint density at radius 1 is 1.37 bits per heavy atom. The Bertz CT molecular complexity index is 580. The number of allylic oxidation sites excluding steroid dienone is 1. The van der Waals surface area contributed by atoms with Crippen molar-refractivity contribution < 1.29 is 14.1 Å². The molecule has 19 heavy (non-hydrogen) atoms. The van der Waals surface area contributed by atoms with E-state index in [0.29, 0.717) is 12.2 Å². The highest BCUT2D eigenvalue weighted by Crippen LogP contribution is 2.00. The van der Waals surface area contributed by atoms with Gasteiger partial charge in [0.1, 0.15) is 0 Å². The van der Waals surface area contributed by atoms with Crippen molar-refractivity contribution in [1.82, 2.24) is 4.98 Å². The molecule has 0 N–H and O–H groups in total. The zero-order valence-corrected chi connectivity index (χ0v) is 10.7. The summed E-state index contributed by atoms with van der Waals surface area (Å²) in [4.78, 5) is 15.3. The number of carbonyl (C=O) groups is 1. The largest absolute Gasteiger partial charge is 0.464 e. The zero-order chi connectivity index (χ0) is 13.5. The predicted molar refractivity (Wildman–Crippen MR) is 71.2 cm³/mol. The molecule has 0 spiro atoms. The van der Waals surface area contributed by atoms with Crippen molar-refractivity contribution in [2.45, 2.75) is 6.54 Å². The van der Waals surface area contributed by atoms with Crippen molar-refractivity contribution in [2.24, 2.45) is 0 Å². The molecular weight excluding hydrogens is 240 g/mol. The van der Waals surface area contributed by atoms with Gasteiger partial charge in [0.05, 0.1) is 13.3 Å². The number of methoxy groups -OCH3 is 1. The van der Waals surface area contributed by atoms with Crippen LogP contribution in [0.15, 0.2) is 55.0 Å². The number of benzene rings is 1. The van der Waals surface area contributed by atoms with Crippen molar-refractivity contribution in [3.8, 4) is 0 Å². The number of nitrogens with zero attached hydrogens (tertiary/aromatic N) is 2. The van der Waals surface area contributed by atoms with E-state index in [2.05, 4.69) is 9.72 Å². The van der Waals surface area contributed by atoms with E-state index in [1.165, 1.54) is 7.11 Å². The fourth-order valence-corrected chi connectivity index (χ4v) is 1.63. The number of ether oxygens (including phenoxy) is 1.